The van der Waals surface area contributed by atoms with Gasteiger partial charge in [-0.2, -0.15) is 0 Å². The van der Waals surface area contributed by atoms with Crippen LogP contribution in [0.15, 0.2) is 24.3 Å². The summed E-state index contributed by atoms with van der Waals surface area (Å²) in [5.74, 6) is 0.366. The Morgan fingerprint density at radius 3 is 2.67 bits per heavy atom. The molecule has 2 atom stereocenters. The second-order valence-corrected chi connectivity index (χ2v) is 4.21. The Bertz CT molecular complexity index is 303. The molecule has 0 saturated carbocycles. The first-order chi connectivity index (χ1) is 7.16. The SMILES string of the molecule is COCCC(C)C(N)c1ccccc1Cl. The van der Waals surface area contributed by atoms with Crippen LogP contribution >= 0.6 is 11.6 Å². The van der Waals surface area contributed by atoms with Gasteiger partial charge in [0.2, 0.25) is 0 Å². The highest BCUT2D eigenvalue weighted by Crippen LogP contribution is 2.27. The summed E-state index contributed by atoms with van der Waals surface area (Å²) < 4.78 is 5.04. The van der Waals surface area contributed by atoms with Crippen molar-refractivity contribution in [2.24, 2.45) is 11.7 Å². The summed E-state index contributed by atoms with van der Waals surface area (Å²) in [5, 5.41) is 0.745. The predicted octanol–water partition coefficient (Wildman–Crippen LogP) is 3.01. The Morgan fingerprint density at radius 1 is 1.40 bits per heavy atom. The van der Waals surface area contributed by atoms with E-state index >= 15 is 0 Å². The summed E-state index contributed by atoms with van der Waals surface area (Å²) in [6.07, 6.45) is 0.947. The molecule has 15 heavy (non-hydrogen) atoms. The van der Waals surface area contributed by atoms with Crippen LogP contribution in [0.3, 0.4) is 0 Å². The summed E-state index contributed by atoms with van der Waals surface area (Å²) in [7, 11) is 1.70. The molecule has 2 unspecified atom stereocenters. The summed E-state index contributed by atoms with van der Waals surface area (Å²) >= 11 is 6.09. The Labute approximate surface area is 96.4 Å². The third-order valence-corrected chi connectivity index (χ3v) is 3.00. The minimum Gasteiger partial charge on any atom is -0.385 e. The monoisotopic (exact) mass is 227 g/mol. The van der Waals surface area contributed by atoms with Gasteiger partial charge in [0.1, 0.15) is 0 Å². The molecular weight excluding hydrogens is 210 g/mol. The van der Waals surface area contributed by atoms with E-state index in [4.69, 9.17) is 22.1 Å². The molecule has 0 amide bonds. The molecule has 0 aliphatic heterocycles. The number of nitrogens with two attached hydrogens (primary N) is 1. The van der Waals surface area contributed by atoms with E-state index in [0.717, 1.165) is 23.6 Å². The molecule has 0 bridgehead atoms. The zero-order valence-electron chi connectivity index (χ0n) is 9.24. The van der Waals surface area contributed by atoms with Crippen LogP contribution in [0.1, 0.15) is 24.9 Å². The lowest BCUT2D eigenvalue weighted by Gasteiger charge is -2.20. The highest BCUT2D eigenvalue weighted by molar-refractivity contribution is 6.31. The summed E-state index contributed by atoms with van der Waals surface area (Å²) in [5.41, 5.74) is 7.16. The number of hydrogen-bond donors (Lipinski definition) is 1. The smallest absolute Gasteiger partial charge is 0.0465 e. The van der Waals surface area contributed by atoms with Gasteiger partial charge in [-0.1, -0.05) is 36.7 Å². The third-order valence-electron chi connectivity index (χ3n) is 2.65. The number of ether oxygens (including phenoxy) is 1. The second kappa shape index (κ2) is 6.11. The van der Waals surface area contributed by atoms with Gasteiger partial charge in [-0.05, 0) is 24.0 Å². The Morgan fingerprint density at radius 2 is 2.07 bits per heavy atom. The van der Waals surface area contributed by atoms with Crippen molar-refractivity contribution in [3.63, 3.8) is 0 Å². The Kier molecular flexibility index (Phi) is 5.09. The lowest BCUT2D eigenvalue weighted by Crippen LogP contribution is -2.20. The van der Waals surface area contributed by atoms with Crippen molar-refractivity contribution in [1.29, 1.82) is 0 Å². The lowest BCUT2D eigenvalue weighted by molar-refractivity contribution is 0.174. The zero-order chi connectivity index (χ0) is 11.3. The van der Waals surface area contributed by atoms with Gasteiger partial charge in [0.25, 0.3) is 0 Å². The average Bonchev–Trinajstić information content (AvgIpc) is 2.25. The molecule has 1 rings (SSSR count). The molecule has 0 heterocycles. The largest absolute Gasteiger partial charge is 0.385 e. The molecule has 2 nitrogen and oxygen atoms in total. The van der Waals surface area contributed by atoms with Crippen LogP contribution in [0, 0.1) is 5.92 Å². The van der Waals surface area contributed by atoms with Crippen molar-refractivity contribution >= 4 is 11.6 Å². The van der Waals surface area contributed by atoms with E-state index in [2.05, 4.69) is 6.92 Å². The molecule has 0 radical (unpaired) electrons. The van der Waals surface area contributed by atoms with Gasteiger partial charge in [0.05, 0.1) is 0 Å². The van der Waals surface area contributed by atoms with Crippen molar-refractivity contribution < 1.29 is 4.74 Å². The maximum Gasteiger partial charge on any atom is 0.0465 e. The third kappa shape index (κ3) is 3.49. The minimum absolute atomic E-state index is 0.0196. The van der Waals surface area contributed by atoms with Crippen LogP contribution in [0.2, 0.25) is 5.02 Å². The van der Waals surface area contributed by atoms with Gasteiger partial charge in [-0.3, -0.25) is 0 Å². The van der Waals surface area contributed by atoms with Gasteiger partial charge in [0, 0.05) is 24.8 Å². The van der Waals surface area contributed by atoms with E-state index in [1.54, 1.807) is 7.11 Å². The molecule has 0 saturated heterocycles. The van der Waals surface area contributed by atoms with Crippen molar-refractivity contribution in [1.82, 2.24) is 0 Å². The van der Waals surface area contributed by atoms with Crippen LogP contribution in [0.5, 0.6) is 0 Å². The first-order valence-corrected chi connectivity index (χ1v) is 5.53. The molecule has 1 aromatic rings. The van der Waals surface area contributed by atoms with Crippen molar-refractivity contribution in [3.05, 3.63) is 34.9 Å². The number of hydrogen-bond acceptors (Lipinski definition) is 2. The fourth-order valence-corrected chi connectivity index (χ4v) is 1.80. The van der Waals surface area contributed by atoms with Crippen LogP contribution in [0.25, 0.3) is 0 Å². The van der Waals surface area contributed by atoms with Crippen LogP contribution in [-0.4, -0.2) is 13.7 Å². The molecule has 1 aromatic carbocycles. The first kappa shape index (κ1) is 12.5. The van der Waals surface area contributed by atoms with Crippen molar-refractivity contribution in [2.75, 3.05) is 13.7 Å². The van der Waals surface area contributed by atoms with E-state index in [1.807, 2.05) is 24.3 Å². The number of rotatable bonds is 5. The Hall–Kier alpha value is -0.570. The van der Waals surface area contributed by atoms with Gasteiger partial charge >= 0.3 is 0 Å². The number of benzene rings is 1. The fraction of sp³-hybridized carbons (Fsp3) is 0.500. The van der Waals surface area contributed by atoms with Gasteiger partial charge in [0.15, 0.2) is 0 Å². The highest BCUT2D eigenvalue weighted by atomic mass is 35.5. The van der Waals surface area contributed by atoms with E-state index < -0.39 is 0 Å². The lowest BCUT2D eigenvalue weighted by atomic mass is 9.93. The average molecular weight is 228 g/mol. The molecule has 84 valence electrons. The topological polar surface area (TPSA) is 35.2 Å². The van der Waals surface area contributed by atoms with Crippen LogP contribution in [0.4, 0.5) is 0 Å². The minimum atomic E-state index is -0.0196. The molecule has 3 heteroatoms. The standard InChI is InChI=1S/C12H18ClNO/c1-9(7-8-15-2)12(14)10-5-3-4-6-11(10)13/h3-6,9,12H,7-8,14H2,1-2H3. The molecule has 0 aromatic heterocycles. The van der Waals surface area contributed by atoms with Gasteiger partial charge < -0.3 is 10.5 Å². The van der Waals surface area contributed by atoms with Gasteiger partial charge in [-0.15, -0.1) is 0 Å². The van der Waals surface area contributed by atoms with E-state index in [1.165, 1.54) is 0 Å². The summed E-state index contributed by atoms with van der Waals surface area (Å²) in [6.45, 7) is 2.85. The maximum absolute atomic E-state index is 6.14. The van der Waals surface area contributed by atoms with Crippen molar-refractivity contribution in [3.8, 4) is 0 Å². The molecule has 2 N–H and O–H groups in total. The highest BCUT2D eigenvalue weighted by Gasteiger charge is 2.16. The molecule has 0 aliphatic rings. The quantitative estimate of drug-likeness (QED) is 0.840. The summed E-state index contributed by atoms with van der Waals surface area (Å²) in [6, 6.07) is 7.72. The predicted molar refractivity (Wildman–Crippen MR) is 64.0 cm³/mol. The molecular formula is C12H18ClNO. The molecule has 0 fully saturated rings. The van der Waals surface area contributed by atoms with Crippen molar-refractivity contribution in [2.45, 2.75) is 19.4 Å². The van der Waals surface area contributed by atoms with Crippen LogP contribution in [-0.2, 0) is 4.74 Å². The number of halogens is 1. The van der Waals surface area contributed by atoms with E-state index in [9.17, 15) is 0 Å². The number of methoxy groups -OCH3 is 1. The molecule has 0 aliphatic carbocycles. The van der Waals surface area contributed by atoms with E-state index in [-0.39, 0.29) is 6.04 Å². The van der Waals surface area contributed by atoms with Crippen LogP contribution < -0.4 is 5.73 Å². The normalized spacial score (nSPS) is 14.9. The Balaban J connectivity index is 2.67. The van der Waals surface area contributed by atoms with E-state index in [0.29, 0.717) is 5.92 Å². The zero-order valence-corrected chi connectivity index (χ0v) is 10.00. The fourth-order valence-electron chi connectivity index (χ4n) is 1.54. The summed E-state index contributed by atoms with van der Waals surface area (Å²) in [4.78, 5) is 0. The second-order valence-electron chi connectivity index (χ2n) is 3.81. The van der Waals surface area contributed by atoms with Gasteiger partial charge in [-0.25, -0.2) is 0 Å². The maximum atomic E-state index is 6.14. The molecule has 0 spiro atoms. The first-order valence-electron chi connectivity index (χ1n) is 5.15.